The number of hydrogen-bond acceptors (Lipinski definition) is 4. The lowest BCUT2D eigenvalue weighted by molar-refractivity contribution is -0.659. The Kier molecular flexibility index (Phi) is 8.51. The van der Waals surface area contributed by atoms with Crippen LogP contribution in [-0.2, 0) is 11.2 Å². The van der Waals surface area contributed by atoms with E-state index in [1.165, 1.54) is 10.5 Å². The minimum atomic E-state index is -2.95. The Bertz CT molecular complexity index is 1670. The number of pyridine rings is 1. The number of nitrogens with zero attached hydrogens (tertiary/aromatic N) is 5. The van der Waals surface area contributed by atoms with E-state index in [2.05, 4.69) is 64.1 Å². The Morgan fingerprint density at radius 3 is 2.51 bits per heavy atom. The minimum absolute atomic E-state index is 0.0121. The molecule has 3 aromatic carbocycles. The van der Waals surface area contributed by atoms with Crippen molar-refractivity contribution < 1.29 is 18.3 Å². The van der Waals surface area contributed by atoms with Crippen molar-refractivity contribution in [2.75, 3.05) is 13.1 Å². The number of likely N-dealkylation sites (tertiary alicyclic amines) is 1. The van der Waals surface area contributed by atoms with Gasteiger partial charge in [-0.2, -0.15) is 8.78 Å². The van der Waals surface area contributed by atoms with Crippen molar-refractivity contribution in [1.29, 1.82) is 0 Å². The van der Waals surface area contributed by atoms with Gasteiger partial charge >= 0.3 is 6.43 Å². The maximum Gasteiger partial charge on any atom is 0.315 e. The van der Waals surface area contributed by atoms with Crippen LogP contribution in [-0.4, -0.2) is 50.8 Å². The highest BCUT2D eigenvalue weighted by Gasteiger charge is 2.29. The predicted octanol–water partition coefficient (Wildman–Crippen LogP) is 6.14. The number of hydrogen-bond donors (Lipinski definition) is 1. The number of rotatable bonds is 8. The summed E-state index contributed by atoms with van der Waals surface area (Å²) in [6, 6.07) is 28.6. The molecule has 1 amide bonds. The lowest BCUT2D eigenvalue weighted by Gasteiger charge is -2.32. The fourth-order valence-corrected chi connectivity index (χ4v) is 6.03. The van der Waals surface area contributed by atoms with Crippen molar-refractivity contribution in [3.63, 3.8) is 0 Å². The summed E-state index contributed by atoms with van der Waals surface area (Å²) in [5.74, 6) is -0.888. The molecule has 1 N–H and O–H groups in total. The minimum Gasteiger partial charge on any atom is -0.338 e. The number of aromatic nitrogens is 5. The van der Waals surface area contributed by atoms with E-state index in [0.717, 1.165) is 40.1 Å². The average Bonchev–Trinajstić information content (AvgIpc) is 3.59. The van der Waals surface area contributed by atoms with Gasteiger partial charge in [-0.15, -0.1) is 4.68 Å². The molecule has 43 heavy (non-hydrogen) atoms. The molecule has 1 aliphatic heterocycles. The van der Waals surface area contributed by atoms with Crippen LogP contribution in [0.1, 0.15) is 47.1 Å². The summed E-state index contributed by atoms with van der Waals surface area (Å²) in [6.45, 7) is 0.680. The summed E-state index contributed by atoms with van der Waals surface area (Å²) >= 11 is 6.37. The molecule has 0 bridgehead atoms. The molecule has 3 heterocycles. The zero-order valence-electron chi connectivity index (χ0n) is 23.3. The molecule has 0 spiro atoms. The molecule has 2 aromatic heterocycles. The molecular weight excluding hydrogens is 570 g/mol. The fourth-order valence-electron chi connectivity index (χ4n) is 5.86. The van der Waals surface area contributed by atoms with Gasteiger partial charge in [0.2, 0.25) is 0 Å². The van der Waals surface area contributed by atoms with Crippen molar-refractivity contribution >= 4 is 17.5 Å². The summed E-state index contributed by atoms with van der Waals surface area (Å²) in [6.07, 6.45) is 2.58. The topological polar surface area (TPSA) is 78.6 Å². The second kappa shape index (κ2) is 12.8. The molecular formula is C33H30ClF2N6O+. The molecule has 10 heteroatoms. The number of nitrogens with one attached hydrogen (secondary N) is 1. The first kappa shape index (κ1) is 28.6. The van der Waals surface area contributed by atoms with Gasteiger partial charge in [0.05, 0.1) is 0 Å². The second-order valence-corrected chi connectivity index (χ2v) is 11.2. The zero-order valence-corrected chi connectivity index (χ0v) is 24.0. The van der Waals surface area contributed by atoms with Gasteiger partial charge in [0.15, 0.2) is 5.21 Å². The number of amides is 1. The number of benzene rings is 3. The van der Waals surface area contributed by atoms with E-state index in [0.29, 0.717) is 31.0 Å². The first-order valence-corrected chi connectivity index (χ1v) is 14.6. The molecule has 1 saturated heterocycles. The molecule has 7 nitrogen and oxygen atoms in total. The summed E-state index contributed by atoms with van der Waals surface area (Å²) < 4.78 is 27.6. The molecule has 218 valence electrons. The number of piperidine rings is 1. The third-order valence-corrected chi connectivity index (χ3v) is 8.35. The molecule has 6 rings (SSSR count). The van der Waals surface area contributed by atoms with Crippen molar-refractivity contribution in [3.05, 3.63) is 125 Å². The Labute approximate surface area is 253 Å². The molecule has 1 atom stereocenters. The standard InChI is InChI=1S/C33H29ClF2N6O/c34-27-10-12-31(42-21-38-39-40-42)29(19-27)26-9-11-30(37-20-26)28(17-22-5-2-1-3-6-22)25-8-4-7-24(18-25)23-13-15-41(16-14-23)33(43)32(35)36/h1-12,18-21,23,28,32H,13-17H2/p+1/t28-/m0/s1. The molecule has 0 unspecified atom stereocenters. The van der Waals surface area contributed by atoms with E-state index >= 15 is 0 Å². The van der Waals surface area contributed by atoms with E-state index in [9.17, 15) is 13.6 Å². The van der Waals surface area contributed by atoms with E-state index in [-0.39, 0.29) is 11.8 Å². The summed E-state index contributed by atoms with van der Waals surface area (Å²) in [5.41, 5.74) is 7.06. The molecule has 1 aliphatic rings. The Morgan fingerprint density at radius 2 is 1.81 bits per heavy atom. The van der Waals surface area contributed by atoms with Crippen LogP contribution in [0.25, 0.3) is 16.8 Å². The lowest BCUT2D eigenvalue weighted by Crippen LogP contribution is -2.41. The maximum atomic E-state index is 12.9. The molecule has 0 aliphatic carbocycles. The number of H-pyrrole nitrogens is 1. The lowest BCUT2D eigenvalue weighted by atomic mass is 9.84. The third-order valence-electron chi connectivity index (χ3n) is 8.11. The van der Waals surface area contributed by atoms with Crippen LogP contribution in [0.2, 0.25) is 5.02 Å². The van der Waals surface area contributed by atoms with Crippen molar-refractivity contribution in [3.8, 4) is 16.8 Å². The number of halogens is 3. The van der Waals surface area contributed by atoms with Crippen molar-refractivity contribution in [2.24, 2.45) is 0 Å². The van der Waals surface area contributed by atoms with Gasteiger partial charge in [-0.05, 0) is 66.1 Å². The summed E-state index contributed by atoms with van der Waals surface area (Å²) in [4.78, 5) is 18.0. The molecule has 0 radical (unpaired) electrons. The van der Waals surface area contributed by atoms with Crippen LogP contribution in [0.3, 0.4) is 0 Å². The van der Waals surface area contributed by atoms with Crippen LogP contribution in [0.15, 0.2) is 97.5 Å². The Balaban J connectivity index is 1.30. The van der Waals surface area contributed by atoms with Gasteiger partial charge in [0.1, 0.15) is 10.8 Å². The van der Waals surface area contributed by atoms with Gasteiger partial charge in [0.25, 0.3) is 12.2 Å². The van der Waals surface area contributed by atoms with Crippen LogP contribution in [0.5, 0.6) is 0 Å². The molecule has 0 saturated carbocycles. The van der Waals surface area contributed by atoms with Gasteiger partial charge in [-0.1, -0.05) is 77.5 Å². The molecule has 1 fully saturated rings. The highest BCUT2D eigenvalue weighted by molar-refractivity contribution is 6.31. The Morgan fingerprint density at radius 1 is 1.00 bits per heavy atom. The van der Waals surface area contributed by atoms with Crippen molar-refractivity contribution in [1.82, 2.24) is 25.4 Å². The van der Waals surface area contributed by atoms with E-state index in [1.807, 2.05) is 42.6 Å². The fraction of sp³-hybridized carbons (Fsp3) is 0.242. The van der Waals surface area contributed by atoms with E-state index in [1.54, 1.807) is 11.0 Å². The highest BCUT2D eigenvalue weighted by atomic mass is 35.5. The van der Waals surface area contributed by atoms with Gasteiger partial charge < -0.3 is 4.90 Å². The van der Waals surface area contributed by atoms with Crippen molar-refractivity contribution in [2.45, 2.75) is 37.5 Å². The van der Waals surface area contributed by atoms with E-state index < -0.39 is 12.3 Å². The first-order valence-electron chi connectivity index (χ1n) is 14.2. The molecule has 5 aromatic rings. The number of carbonyl (C=O) groups excluding carboxylic acids is 1. The monoisotopic (exact) mass is 599 g/mol. The van der Waals surface area contributed by atoms with E-state index in [4.69, 9.17) is 16.6 Å². The van der Waals surface area contributed by atoms with Crippen LogP contribution >= 0.6 is 11.6 Å². The van der Waals surface area contributed by atoms with Gasteiger partial charge in [-0.3, -0.25) is 9.78 Å². The zero-order chi connectivity index (χ0) is 29.8. The first-order chi connectivity index (χ1) is 21.0. The van der Waals surface area contributed by atoms with Crippen LogP contribution in [0, 0.1) is 0 Å². The number of tetrazole rings is 1. The Hall–Kier alpha value is -4.50. The van der Waals surface area contributed by atoms with Crippen LogP contribution in [0.4, 0.5) is 8.78 Å². The quantitative estimate of drug-likeness (QED) is 0.217. The normalized spacial score (nSPS) is 14.7. The number of alkyl halides is 2. The van der Waals surface area contributed by atoms with Crippen LogP contribution < -0.4 is 4.68 Å². The largest absolute Gasteiger partial charge is 0.338 e. The summed E-state index contributed by atoms with van der Waals surface area (Å²) in [7, 11) is 0. The maximum absolute atomic E-state index is 12.9. The number of carbonyl (C=O) groups is 1. The predicted molar refractivity (Wildman–Crippen MR) is 159 cm³/mol. The van der Waals surface area contributed by atoms with Gasteiger partial charge in [0, 0.05) is 47.0 Å². The summed E-state index contributed by atoms with van der Waals surface area (Å²) in [5, 5.41) is 11.2. The number of aromatic amines is 1. The smallest absolute Gasteiger partial charge is 0.315 e. The third kappa shape index (κ3) is 6.46. The highest BCUT2D eigenvalue weighted by Crippen LogP contribution is 2.34. The van der Waals surface area contributed by atoms with Gasteiger partial charge in [-0.25, -0.2) is 0 Å². The second-order valence-electron chi connectivity index (χ2n) is 10.7. The average molecular weight is 600 g/mol. The SMILES string of the molecule is O=C(C(F)F)N1CCC(c2cccc([C@H](Cc3ccccc3)c3ccc(-c4cc(Cl)ccc4-[n+]4cnn[nH]4)cn3)c2)CC1.